The summed E-state index contributed by atoms with van der Waals surface area (Å²) in [6.45, 7) is 7.22. The van der Waals surface area contributed by atoms with Crippen molar-refractivity contribution in [3.8, 4) is 0 Å². The highest BCUT2D eigenvalue weighted by Gasteiger charge is 2.12. The molecule has 0 aliphatic carbocycles. The van der Waals surface area contributed by atoms with Gasteiger partial charge in [-0.2, -0.15) is 0 Å². The van der Waals surface area contributed by atoms with Crippen LogP contribution in [-0.2, 0) is 21.4 Å². The van der Waals surface area contributed by atoms with Gasteiger partial charge in [-0.05, 0) is 30.5 Å². The smallest absolute Gasteiger partial charge is 0.242 e. The number of nitrogens with zero attached hydrogens (tertiary/aromatic N) is 2. The molecule has 1 aromatic carbocycles. The second-order valence-electron chi connectivity index (χ2n) is 6.84. The van der Waals surface area contributed by atoms with Gasteiger partial charge in [0.05, 0.1) is 13.2 Å². The average molecular weight is 561 g/mol. The number of aromatic nitrogens is 1. The lowest BCUT2D eigenvalue weighted by Gasteiger charge is -2.14. The summed E-state index contributed by atoms with van der Waals surface area (Å²) < 4.78 is 32.7. The van der Waals surface area contributed by atoms with Gasteiger partial charge in [0.1, 0.15) is 4.90 Å². The number of rotatable bonds is 12. The third-order valence-corrected chi connectivity index (χ3v) is 5.52. The van der Waals surface area contributed by atoms with Crippen molar-refractivity contribution < 1.29 is 13.2 Å². The van der Waals surface area contributed by atoms with Gasteiger partial charge in [0.15, 0.2) is 5.96 Å². The van der Waals surface area contributed by atoms with Gasteiger partial charge >= 0.3 is 0 Å². The maximum atomic E-state index is 12.2. The van der Waals surface area contributed by atoms with Gasteiger partial charge in [0.25, 0.3) is 0 Å². The number of sulfonamides is 1. The zero-order valence-electron chi connectivity index (χ0n) is 18.0. The number of nitrogens with one attached hydrogen (secondary N) is 3. The normalized spacial score (nSPS) is 12.6. The molecule has 3 N–H and O–H groups in total. The molecule has 2 aromatic rings. The van der Waals surface area contributed by atoms with Crippen molar-refractivity contribution in [3.05, 3.63) is 60.4 Å². The fourth-order valence-corrected chi connectivity index (χ4v) is 3.54. The van der Waals surface area contributed by atoms with Crippen LogP contribution in [0.5, 0.6) is 0 Å². The average Bonchev–Trinajstić information content (AvgIpc) is 2.76. The number of benzene rings is 1. The molecule has 1 unspecified atom stereocenters. The summed E-state index contributed by atoms with van der Waals surface area (Å²) in [7, 11) is -3.56. The van der Waals surface area contributed by atoms with E-state index in [9.17, 15) is 8.42 Å². The number of hydrogen-bond donors (Lipinski definition) is 3. The second-order valence-corrected chi connectivity index (χ2v) is 8.61. The number of ether oxygens (including phenoxy) is 1. The van der Waals surface area contributed by atoms with E-state index in [0.29, 0.717) is 38.8 Å². The Morgan fingerprint density at radius 2 is 1.90 bits per heavy atom. The fourth-order valence-electron chi connectivity index (χ4n) is 2.55. The Labute approximate surface area is 202 Å². The molecule has 172 valence electrons. The van der Waals surface area contributed by atoms with Crippen LogP contribution < -0.4 is 15.4 Å². The summed E-state index contributed by atoms with van der Waals surface area (Å²) >= 11 is 0. The van der Waals surface area contributed by atoms with Gasteiger partial charge in [-0.15, -0.1) is 24.0 Å². The van der Waals surface area contributed by atoms with E-state index in [0.717, 1.165) is 5.56 Å². The van der Waals surface area contributed by atoms with Crippen LogP contribution in [0.25, 0.3) is 0 Å². The van der Waals surface area contributed by atoms with Crippen LogP contribution in [0.2, 0.25) is 0 Å². The Bertz CT molecular complexity index is 867. The summed E-state index contributed by atoms with van der Waals surface area (Å²) in [4.78, 5) is 8.54. The molecule has 0 bridgehead atoms. The van der Waals surface area contributed by atoms with E-state index < -0.39 is 10.0 Å². The lowest BCUT2D eigenvalue weighted by atomic mass is 10.2. The van der Waals surface area contributed by atoms with Crippen LogP contribution in [0.15, 0.2) is 64.7 Å². The molecule has 1 atom stereocenters. The summed E-state index contributed by atoms with van der Waals surface area (Å²) in [5, 5.41) is 6.30. The predicted octanol–water partition coefficient (Wildman–Crippen LogP) is 2.39. The fraction of sp³-hybridized carbons (Fsp3) is 0.429. The van der Waals surface area contributed by atoms with Crippen LogP contribution >= 0.6 is 24.0 Å². The Hall–Kier alpha value is -1.76. The van der Waals surface area contributed by atoms with Gasteiger partial charge in [0, 0.05) is 38.6 Å². The Morgan fingerprint density at radius 3 is 2.58 bits per heavy atom. The van der Waals surface area contributed by atoms with E-state index in [4.69, 9.17) is 4.74 Å². The SMILES string of the molecule is CCNC(=NCC(C)COCc1ccccc1)NCCNS(=O)(=O)c1cccnc1.I. The number of guanidine groups is 1. The van der Waals surface area contributed by atoms with Crippen molar-refractivity contribution in [2.24, 2.45) is 10.9 Å². The van der Waals surface area contributed by atoms with Gasteiger partial charge in [0.2, 0.25) is 10.0 Å². The molecule has 0 aliphatic heterocycles. The highest BCUT2D eigenvalue weighted by atomic mass is 127. The number of aliphatic imine (C=N–C) groups is 1. The lowest BCUT2D eigenvalue weighted by Crippen LogP contribution is -2.41. The first-order chi connectivity index (χ1) is 14.5. The molecule has 2 rings (SSSR count). The minimum atomic E-state index is -3.56. The minimum Gasteiger partial charge on any atom is -0.376 e. The Morgan fingerprint density at radius 1 is 1.13 bits per heavy atom. The summed E-state index contributed by atoms with van der Waals surface area (Å²) in [5.74, 6) is 0.904. The molecule has 0 aliphatic rings. The molecule has 1 aromatic heterocycles. The Kier molecular flexibility index (Phi) is 13.3. The van der Waals surface area contributed by atoms with Crippen molar-refractivity contribution in [2.45, 2.75) is 25.3 Å². The topological polar surface area (TPSA) is 105 Å². The largest absolute Gasteiger partial charge is 0.376 e. The van der Waals surface area contributed by atoms with Crippen molar-refractivity contribution in [1.82, 2.24) is 20.3 Å². The predicted molar refractivity (Wildman–Crippen MR) is 134 cm³/mol. The molecule has 10 heteroatoms. The number of hydrogen-bond acceptors (Lipinski definition) is 5. The zero-order chi connectivity index (χ0) is 21.7. The minimum absolute atomic E-state index is 0. The molecule has 0 amide bonds. The molecule has 0 fully saturated rings. The molecule has 31 heavy (non-hydrogen) atoms. The maximum absolute atomic E-state index is 12.2. The van der Waals surface area contributed by atoms with Crippen LogP contribution in [-0.4, -0.2) is 52.1 Å². The molecule has 0 saturated heterocycles. The van der Waals surface area contributed by atoms with E-state index in [1.54, 1.807) is 6.07 Å². The molecule has 1 heterocycles. The third-order valence-electron chi connectivity index (χ3n) is 4.07. The van der Waals surface area contributed by atoms with Gasteiger partial charge in [-0.25, -0.2) is 13.1 Å². The lowest BCUT2D eigenvalue weighted by molar-refractivity contribution is 0.0945. The standard InChI is InChI=1S/C21H31N5O3S.HI/c1-3-23-21(24-12-13-26-30(27,28)20-10-7-11-22-15-20)25-14-18(2)16-29-17-19-8-5-4-6-9-19;/h4-11,15,18,26H,3,12-14,16-17H2,1-2H3,(H2,23,24,25);1H. The van der Waals surface area contributed by atoms with Gasteiger partial charge in [-0.1, -0.05) is 37.3 Å². The molecule has 0 radical (unpaired) electrons. The zero-order valence-corrected chi connectivity index (χ0v) is 21.1. The van der Waals surface area contributed by atoms with E-state index in [1.165, 1.54) is 18.5 Å². The molecule has 0 spiro atoms. The molecule has 8 nitrogen and oxygen atoms in total. The van der Waals surface area contributed by atoms with Crippen LogP contribution in [0.1, 0.15) is 19.4 Å². The third kappa shape index (κ3) is 10.9. The van der Waals surface area contributed by atoms with Crippen molar-refractivity contribution in [1.29, 1.82) is 0 Å². The summed E-state index contributed by atoms with van der Waals surface area (Å²) in [6.07, 6.45) is 2.86. The highest BCUT2D eigenvalue weighted by Crippen LogP contribution is 2.05. The van der Waals surface area contributed by atoms with E-state index in [-0.39, 0.29) is 41.3 Å². The first-order valence-corrected chi connectivity index (χ1v) is 11.5. The van der Waals surface area contributed by atoms with Crippen LogP contribution in [0, 0.1) is 5.92 Å². The number of halogens is 1. The Balaban J connectivity index is 0.00000480. The monoisotopic (exact) mass is 561 g/mol. The number of pyridine rings is 1. The highest BCUT2D eigenvalue weighted by molar-refractivity contribution is 14.0. The summed E-state index contributed by atoms with van der Waals surface area (Å²) in [5.41, 5.74) is 1.15. The maximum Gasteiger partial charge on any atom is 0.242 e. The first kappa shape index (κ1) is 27.3. The van der Waals surface area contributed by atoms with Gasteiger partial charge < -0.3 is 15.4 Å². The van der Waals surface area contributed by atoms with E-state index in [1.807, 2.05) is 37.3 Å². The summed E-state index contributed by atoms with van der Waals surface area (Å²) in [6, 6.07) is 13.2. The second kappa shape index (κ2) is 15.1. The van der Waals surface area contributed by atoms with E-state index in [2.05, 4.69) is 32.3 Å². The van der Waals surface area contributed by atoms with Crippen LogP contribution in [0.3, 0.4) is 0 Å². The van der Waals surface area contributed by atoms with Crippen molar-refractivity contribution in [2.75, 3.05) is 32.8 Å². The van der Waals surface area contributed by atoms with E-state index >= 15 is 0 Å². The molecular weight excluding hydrogens is 529 g/mol. The quantitative estimate of drug-likeness (QED) is 0.159. The first-order valence-electron chi connectivity index (χ1n) is 10.0. The van der Waals surface area contributed by atoms with Crippen molar-refractivity contribution in [3.63, 3.8) is 0 Å². The molecular formula is C21H32IN5O3S. The van der Waals surface area contributed by atoms with Gasteiger partial charge in [-0.3, -0.25) is 9.98 Å². The van der Waals surface area contributed by atoms with Crippen molar-refractivity contribution >= 4 is 40.0 Å². The molecule has 0 saturated carbocycles. The van der Waals surface area contributed by atoms with Crippen LogP contribution in [0.4, 0.5) is 0 Å².